The van der Waals surface area contributed by atoms with Crippen molar-refractivity contribution in [2.24, 2.45) is 11.8 Å². The van der Waals surface area contributed by atoms with E-state index in [1.807, 2.05) is 31.2 Å². The lowest BCUT2D eigenvalue weighted by molar-refractivity contribution is -0.141. The van der Waals surface area contributed by atoms with Crippen molar-refractivity contribution < 1.29 is 14.7 Å². The number of benzene rings is 1. The molecule has 1 fully saturated rings. The first-order valence-corrected chi connectivity index (χ1v) is 6.39. The third-order valence-corrected chi connectivity index (χ3v) is 3.81. The van der Waals surface area contributed by atoms with Crippen molar-refractivity contribution in [1.82, 2.24) is 0 Å². The molecule has 1 aliphatic rings. The molecular weight excluding hydrogens is 228 g/mol. The minimum absolute atomic E-state index is 0.143. The van der Waals surface area contributed by atoms with E-state index in [4.69, 9.17) is 5.11 Å². The van der Waals surface area contributed by atoms with Gasteiger partial charge < -0.3 is 5.11 Å². The highest BCUT2D eigenvalue weighted by molar-refractivity contribution is 5.97. The summed E-state index contributed by atoms with van der Waals surface area (Å²) < 4.78 is 0. The van der Waals surface area contributed by atoms with Crippen molar-refractivity contribution in [2.75, 3.05) is 0 Å². The Labute approximate surface area is 107 Å². The molecular formula is C15H18O3. The van der Waals surface area contributed by atoms with E-state index in [9.17, 15) is 9.59 Å². The number of carbonyl (C=O) groups excluding carboxylic acids is 1. The van der Waals surface area contributed by atoms with Crippen LogP contribution in [0.15, 0.2) is 24.3 Å². The van der Waals surface area contributed by atoms with E-state index >= 15 is 0 Å². The number of Topliss-reactive ketones (excluding diaryl/α,β-unsaturated/α-hetero) is 1. The van der Waals surface area contributed by atoms with E-state index in [2.05, 4.69) is 0 Å². The molecule has 1 aliphatic carbocycles. The van der Waals surface area contributed by atoms with Crippen LogP contribution in [0.3, 0.4) is 0 Å². The summed E-state index contributed by atoms with van der Waals surface area (Å²) >= 11 is 0. The molecule has 1 aromatic rings. The third kappa shape index (κ3) is 2.78. The molecule has 3 heteroatoms. The fraction of sp³-hybridized carbons (Fsp3) is 0.467. The molecule has 0 radical (unpaired) electrons. The zero-order valence-corrected chi connectivity index (χ0v) is 10.6. The van der Waals surface area contributed by atoms with Crippen LogP contribution in [0, 0.1) is 18.8 Å². The average molecular weight is 246 g/mol. The lowest BCUT2D eigenvalue weighted by atomic mass is 9.94. The molecule has 1 N–H and O–H groups in total. The number of hydrogen-bond acceptors (Lipinski definition) is 2. The molecule has 3 nitrogen and oxygen atoms in total. The maximum absolute atomic E-state index is 12.2. The van der Waals surface area contributed by atoms with Crippen LogP contribution in [0.5, 0.6) is 0 Å². The molecule has 1 aromatic carbocycles. The highest BCUT2D eigenvalue weighted by Crippen LogP contribution is 2.34. The SMILES string of the molecule is Cc1ccccc1C(=O)CC1CCC(C(=O)O)C1. The lowest BCUT2D eigenvalue weighted by Gasteiger charge is -2.10. The Morgan fingerprint density at radius 2 is 2.00 bits per heavy atom. The summed E-state index contributed by atoms with van der Waals surface area (Å²) in [5, 5.41) is 8.94. The average Bonchev–Trinajstić information content (AvgIpc) is 2.78. The third-order valence-electron chi connectivity index (χ3n) is 3.81. The summed E-state index contributed by atoms with van der Waals surface area (Å²) in [5.41, 5.74) is 1.77. The number of carboxylic acids is 1. The van der Waals surface area contributed by atoms with Crippen molar-refractivity contribution >= 4 is 11.8 Å². The summed E-state index contributed by atoms with van der Waals surface area (Å²) in [4.78, 5) is 23.0. The van der Waals surface area contributed by atoms with E-state index in [0.29, 0.717) is 19.3 Å². The van der Waals surface area contributed by atoms with Gasteiger partial charge in [-0.05, 0) is 37.7 Å². The van der Waals surface area contributed by atoms with Gasteiger partial charge in [0, 0.05) is 12.0 Å². The summed E-state index contributed by atoms with van der Waals surface area (Å²) in [5.74, 6) is -0.595. The van der Waals surface area contributed by atoms with E-state index in [1.54, 1.807) is 0 Å². The zero-order valence-electron chi connectivity index (χ0n) is 10.6. The van der Waals surface area contributed by atoms with Gasteiger partial charge in [-0.2, -0.15) is 0 Å². The van der Waals surface area contributed by atoms with Crippen molar-refractivity contribution in [1.29, 1.82) is 0 Å². The van der Waals surface area contributed by atoms with Gasteiger partial charge in [0.2, 0.25) is 0 Å². The minimum Gasteiger partial charge on any atom is -0.481 e. The Morgan fingerprint density at radius 3 is 2.61 bits per heavy atom. The summed E-state index contributed by atoms with van der Waals surface area (Å²) in [6, 6.07) is 7.57. The number of carboxylic acid groups (broad SMARTS) is 1. The quantitative estimate of drug-likeness (QED) is 0.831. The van der Waals surface area contributed by atoms with Crippen LogP contribution in [-0.4, -0.2) is 16.9 Å². The highest BCUT2D eigenvalue weighted by Gasteiger charge is 2.31. The molecule has 0 saturated heterocycles. The van der Waals surface area contributed by atoms with Gasteiger partial charge in [0.15, 0.2) is 5.78 Å². The Kier molecular flexibility index (Phi) is 3.80. The zero-order chi connectivity index (χ0) is 13.1. The number of rotatable bonds is 4. The van der Waals surface area contributed by atoms with Gasteiger partial charge in [-0.3, -0.25) is 9.59 Å². The second-order valence-corrected chi connectivity index (χ2v) is 5.16. The van der Waals surface area contributed by atoms with Crippen LogP contribution in [0.2, 0.25) is 0 Å². The van der Waals surface area contributed by atoms with Crippen molar-refractivity contribution in [2.45, 2.75) is 32.6 Å². The van der Waals surface area contributed by atoms with Gasteiger partial charge >= 0.3 is 5.97 Å². The smallest absolute Gasteiger partial charge is 0.306 e. The van der Waals surface area contributed by atoms with Crippen LogP contribution in [0.25, 0.3) is 0 Å². The summed E-state index contributed by atoms with van der Waals surface area (Å²) in [7, 11) is 0. The highest BCUT2D eigenvalue weighted by atomic mass is 16.4. The lowest BCUT2D eigenvalue weighted by Crippen LogP contribution is -2.11. The molecule has 0 amide bonds. The first-order valence-electron chi connectivity index (χ1n) is 6.39. The van der Waals surface area contributed by atoms with Gasteiger partial charge in [-0.15, -0.1) is 0 Å². The molecule has 0 heterocycles. The van der Waals surface area contributed by atoms with Gasteiger partial charge in [0.1, 0.15) is 0 Å². The molecule has 2 atom stereocenters. The van der Waals surface area contributed by atoms with Crippen molar-refractivity contribution in [3.05, 3.63) is 35.4 Å². The summed E-state index contributed by atoms with van der Waals surface area (Å²) in [6.45, 7) is 1.93. The van der Waals surface area contributed by atoms with Crippen LogP contribution < -0.4 is 0 Å². The largest absolute Gasteiger partial charge is 0.481 e. The molecule has 96 valence electrons. The maximum Gasteiger partial charge on any atom is 0.306 e. The number of carbonyl (C=O) groups is 2. The van der Waals surface area contributed by atoms with Gasteiger partial charge in [-0.25, -0.2) is 0 Å². The standard InChI is InChI=1S/C15H18O3/c1-10-4-2-3-5-13(10)14(16)9-11-6-7-12(8-11)15(17)18/h2-5,11-12H,6-9H2,1H3,(H,17,18). The normalized spacial score (nSPS) is 22.9. The summed E-state index contributed by atoms with van der Waals surface area (Å²) in [6.07, 6.45) is 2.69. The molecule has 1 saturated carbocycles. The van der Waals surface area contributed by atoms with Crippen LogP contribution in [0.4, 0.5) is 0 Å². The number of aryl methyl sites for hydroxylation is 1. The van der Waals surface area contributed by atoms with Crippen LogP contribution >= 0.6 is 0 Å². The van der Waals surface area contributed by atoms with Gasteiger partial charge in [-0.1, -0.05) is 24.3 Å². The number of ketones is 1. The predicted octanol–water partition coefficient (Wildman–Crippen LogP) is 3.07. The first kappa shape index (κ1) is 12.8. The van der Waals surface area contributed by atoms with E-state index in [0.717, 1.165) is 17.5 Å². The van der Waals surface area contributed by atoms with E-state index < -0.39 is 5.97 Å². The molecule has 0 bridgehead atoms. The Bertz CT molecular complexity index is 465. The van der Waals surface area contributed by atoms with Crippen molar-refractivity contribution in [3.8, 4) is 0 Å². The second kappa shape index (κ2) is 5.34. The second-order valence-electron chi connectivity index (χ2n) is 5.16. The van der Waals surface area contributed by atoms with Crippen LogP contribution in [0.1, 0.15) is 41.6 Å². The van der Waals surface area contributed by atoms with Gasteiger partial charge in [0.25, 0.3) is 0 Å². The van der Waals surface area contributed by atoms with E-state index in [-0.39, 0.29) is 17.6 Å². The maximum atomic E-state index is 12.2. The molecule has 2 unspecified atom stereocenters. The predicted molar refractivity (Wildman–Crippen MR) is 68.6 cm³/mol. The fourth-order valence-electron chi connectivity index (χ4n) is 2.74. The van der Waals surface area contributed by atoms with Crippen molar-refractivity contribution in [3.63, 3.8) is 0 Å². The minimum atomic E-state index is -0.721. The molecule has 0 aliphatic heterocycles. The number of hydrogen-bond donors (Lipinski definition) is 1. The molecule has 2 rings (SSSR count). The molecule has 0 aromatic heterocycles. The Balaban J connectivity index is 1.97. The first-order chi connectivity index (χ1) is 8.58. The van der Waals surface area contributed by atoms with Crippen LogP contribution in [-0.2, 0) is 4.79 Å². The Morgan fingerprint density at radius 1 is 1.28 bits per heavy atom. The fourth-order valence-corrected chi connectivity index (χ4v) is 2.74. The van der Waals surface area contributed by atoms with E-state index in [1.165, 1.54) is 0 Å². The monoisotopic (exact) mass is 246 g/mol. The van der Waals surface area contributed by atoms with Gasteiger partial charge in [0.05, 0.1) is 5.92 Å². The number of aliphatic carboxylic acids is 1. The Hall–Kier alpha value is -1.64. The molecule has 18 heavy (non-hydrogen) atoms. The molecule has 0 spiro atoms. The topological polar surface area (TPSA) is 54.4 Å².